The molecule has 0 saturated heterocycles. The van der Waals surface area contributed by atoms with Gasteiger partial charge < -0.3 is 9.47 Å². The Kier molecular flexibility index (Phi) is 5.32. The first kappa shape index (κ1) is 16.6. The number of hydrogen-bond donors (Lipinski definition) is 1. The largest absolute Gasteiger partial charge is 0.494 e. The van der Waals surface area contributed by atoms with E-state index in [4.69, 9.17) is 9.47 Å². The van der Waals surface area contributed by atoms with Gasteiger partial charge in [-0.3, -0.25) is 5.43 Å². The molecule has 3 rings (SSSR count). The van der Waals surface area contributed by atoms with Crippen molar-refractivity contribution in [2.24, 2.45) is 5.10 Å². The summed E-state index contributed by atoms with van der Waals surface area (Å²) < 4.78 is 10.8. The summed E-state index contributed by atoms with van der Waals surface area (Å²) in [5, 5.41) is 4.66. The predicted molar refractivity (Wildman–Crippen MR) is 102 cm³/mol. The maximum atomic E-state index is 5.42. The monoisotopic (exact) mass is 332 g/mol. The van der Waals surface area contributed by atoms with Crippen LogP contribution in [0.25, 0.3) is 0 Å². The summed E-state index contributed by atoms with van der Waals surface area (Å²) >= 11 is 0. The highest BCUT2D eigenvalue weighted by atomic mass is 16.5. The number of benzene rings is 3. The van der Waals surface area contributed by atoms with Crippen LogP contribution in [0.2, 0.25) is 0 Å². The second-order valence-corrected chi connectivity index (χ2v) is 5.34. The van der Waals surface area contributed by atoms with E-state index >= 15 is 0 Å². The first-order valence-corrected chi connectivity index (χ1v) is 7.99. The third kappa shape index (κ3) is 3.80. The van der Waals surface area contributed by atoms with Gasteiger partial charge in [-0.15, -0.1) is 0 Å². The molecule has 0 unspecified atom stereocenters. The van der Waals surface area contributed by atoms with Crippen LogP contribution in [0.4, 0.5) is 5.69 Å². The van der Waals surface area contributed by atoms with Gasteiger partial charge in [-0.2, -0.15) is 5.10 Å². The zero-order valence-corrected chi connectivity index (χ0v) is 14.3. The molecule has 0 aliphatic heterocycles. The highest BCUT2D eigenvalue weighted by Crippen LogP contribution is 2.34. The van der Waals surface area contributed by atoms with E-state index in [0.717, 1.165) is 16.8 Å². The summed E-state index contributed by atoms with van der Waals surface area (Å²) in [6, 6.07) is 25.7. The van der Waals surface area contributed by atoms with Crippen molar-refractivity contribution in [3.8, 4) is 11.5 Å². The van der Waals surface area contributed by atoms with Gasteiger partial charge in [-0.05, 0) is 12.1 Å². The minimum atomic E-state index is 0.670. The van der Waals surface area contributed by atoms with Gasteiger partial charge in [0.05, 0.1) is 19.9 Å². The van der Waals surface area contributed by atoms with E-state index in [-0.39, 0.29) is 0 Å². The molecule has 3 aromatic rings. The van der Waals surface area contributed by atoms with Gasteiger partial charge in [0.15, 0.2) is 0 Å². The lowest BCUT2D eigenvalue weighted by Crippen LogP contribution is -2.07. The fourth-order valence-electron chi connectivity index (χ4n) is 2.56. The third-order valence-corrected chi connectivity index (χ3v) is 3.80. The number of hydrogen-bond acceptors (Lipinski definition) is 4. The smallest absolute Gasteiger partial charge is 0.147 e. The van der Waals surface area contributed by atoms with Crippen molar-refractivity contribution >= 4 is 11.4 Å². The minimum Gasteiger partial charge on any atom is -0.494 e. The van der Waals surface area contributed by atoms with Gasteiger partial charge in [-0.1, -0.05) is 66.7 Å². The average Bonchev–Trinajstić information content (AvgIpc) is 2.69. The van der Waals surface area contributed by atoms with Crippen molar-refractivity contribution in [1.82, 2.24) is 0 Å². The molecule has 1 N–H and O–H groups in total. The van der Waals surface area contributed by atoms with Crippen LogP contribution in [0.15, 0.2) is 84.0 Å². The minimum absolute atomic E-state index is 0.670. The van der Waals surface area contributed by atoms with Gasteiger partial charge in [0.2, 0.25) is 0 Å². The Morgan fingerprint density at radius 2 is 1.16 bits per heavy atom. The number of rotatable bonds is 6. The number of nitrogens with one attached hydrogen (secondary N) is 1. The van der Waals surface area contributed by atoms with Crippen LogP contribution in [-0.4, -0.2) is 19.9 Å². The van der Waals surface area contributed by atoms with E-state index in [0.29, 0.717) is 17.2 Å². The van der Waals surface area contributed by atoms with Crippen LogP contribution in [-0.2, 0) is 0 Å². The fourth-order valence-corrected chi connectivity index (χ4v) is 2.56. The summed E-state index contributed by atoms with van der Waals surface area (Å²) in [7, 11) is 3.25. The summed E-state index contributed by atoms with van der Waals surface area (Å²) in [5.74, 6) is 1.34. The predicted octanol–water partition coefficient (Wildman–Crippen LogP) is 4.57. The number of methoxy groups -OCH3 is 2. The molecule has 0 aliphatic carbocycles. The van der Waals surface area contributed by atoms with E-state index in [9.17, 15) is 0 Å². The van der Waals surface area contributed by atoms with Crippen molar-refractivity contribution in [3.63, 3.8) is 0 Å². The topological polar surface area (TPSA) is 42.9 Å². The van der Waals surface area contributed by atoms with Crippen molar-refractivity contribution in [2.45, 2.75) is 0 Å². The summed E-state index contributed by atoms with van der Waals surface area (Å²) in [5.41, 5.74) is 6.70. The van der Waals surface area contributed by atoms with Crippen LogP contribution in [0.3, 0.4) is 0 Å². The normalized spacial score (nSPS) is 10.0. The number of ether oxygens (including phenoxy) is 2. The number of nitrogens with zero attached hydrogens (tertiary/aromatic N) is 1. The SMILES string of the molecule is COc1cccc(OC)c1NN=C(c1ccccc1)c1ccccc1. The Morgan fingerprint density at radius 3 is 1.60 bits per heavy atom. The fraction of sp³-hybridized carbons (Fsp3) is 0.0952. The lowest BCUT2D eigenvalue weighted by atomic mass is 10.0. The zero-order chi connectivity index (χ0) is 17.5. The number of anilines is 1. The average molecular weight is 332 g/mol. The van der Waals surface area contributed by atoms with Crippen molar-refractivity contribution in [1.29, 1.82) is 0 Å². The van der Waals surface area contributed by atoms with Gasteiger partial charge in [0.1, 0.15) is 17.2 Å². The Bertz CT molecular complexity index is 783. The molecule has 0 heterocycles. The van der Waals surface area contributed by atoms with Crippen molar-refractivity contribution in [3.05, 3.63) is 90.0 Å². The molecule has 0 fully saturated rings. The van der Waals surface area contributed by atoms with E-state index in [2.05, 4.69) is 10.5 Å². The Hall–Kier alpha value is -3.27. The van der Waals surface area contributed by atoms with Gasteiger partial charge >= 0.3 is 0 Å². The maximum absolute atomic E-state index is 5.42. The molecule has 0 bridgehead atoms. The summed E-state index contributed by atoms with van der Waals surface area (Å²) in [6.45, 7) is 0. The Labute approximate surface area is 147 Å². The summed E-state index contributed by atoms with van der Waals surface area (Å²) in [4.78, 5) is 0. The van der Waals surface area contributed by atoms with Crippen molar-refractivity contribution in [2.75, 3.05) is 19.6 Å². The van der Waals surface area contributed by atoms with Crippen molar-refractivity contribution < 1.29 is 9.47 Å². The second kappa shape index (κ2) is 8.02. The van der Waals surface area contributed by atoms with E-state index in [1.807, 2.05) is 78.9 Å². The van der Waals surface area contributed by atoms with Gasteiger partial charge in [0, 0.05) is 11.1 Å². The van der Waals surface area contributed by atoms with Gasteiger partial charge in [0.25, 0.3) is 0 Å². The van der Waals surface area contributed by atoms with Crippen LogP contribution < -0.4 is 14.9 Å². The molecule has 3 aromatic carbocycles. The molecule has 0 radical (unpaired) electrons. The lowest BCUT2D eigenvalue weighted by molar-refractivity contribution is 0.397. The Morgan fingerprint density at radius 1 is 0.680 bits per heavy atom. The molecule has 0 atom stereocenters. The maximum Gasteiger partial charge on any atom is 0.147 e. The van der Waals surface area contributed by atoms with Crippen LogP contribution in [0.1, 0.15) is 11.1 Å². The first-order chi connectivity index (χ1) is 12.3. The lowest BCUT2D eigenvalue weighted by Gasteiger charge is -2.13. The molecule has 0 aromatic heterocycles. The highest BCUT2D eigenvalue weighted by molar-refractivity contribution is 6.13. The molecule has 0 amide bonds. The van der Waals surface area contributed by atoms with Crippen LogP contribution in [0.5, 0.6) is 11.5 Å². The molecule has 126 valence electrons. The molecular formula is C21H20N2O2. The molecule has 0 saturated carbocycles. The van der Waals surface area contributed by atoms with E-state index in [1.165, 1.54) is 0 Å². The van der Waals surface area contributed by atoms with Crippen LogP contribution in [0, 0.1) is 0 Å². The third-order valence-electron chi connectivity index (χ3n) is 3.80. The van der Waals surface area contributed by atoms with E-state index in [1.54, 1.807) is 14.2 Å². The zero-order valence-electron chi connectivity index (χ0n) is 14.3. The molecule has 0 spiro atoms. The molecule has 4 heteroatoms. The van der Waals surface area contributed by atoms with Crippen LogP contribution >= 0.6 is 0 Å². The first-order valence-electron chi connectivity index (χ1n) is 7.99. The molecule has 25 heavy (non-hydrogen) atoms. The second-order valence-electron chi connectivity index (χ2n) is 5.34. The Balaban J connectivity index is 2.04. The summed E-state index contributed by atoms with van der Waals surface area (Å²) in [6.07, 6.45) is 0. The molecule has 4 nitrogen and oxygen atoms in total. The van der Waals surface area contributed by atoms with E-state index < -0.39 is 0 Å². The number of para-hydroxylation sites is 1. The molecule has 0 aliphatic rings. The molecular weight excluding hydrogens is 312 g/mol. The quantitative estimate of drug-likeness (QED) is 0.531. The van der Waals surface area contributed by atoms with Gasteiger partial charge in [-0.25, -0.2) is 0 Å². The number of hydrazone groups is 1. The standard InChI is InChI=1S/C21H20N2O2/c1-24-18-14-9-15-19(25-2)21(18)23-22-20(16-10-5-3-6-11-16)17-12-7-4-8-13-17/h3-15,23H,1-2H3. The highest BCUT2D eigenvalue weighted by Gasteiger charge is 2.11.